The summed E-state index contributed by atoms with van der Waals surface area (Å²) >= 11 is 0. The van der Waals surface area contributed by atoms with Crippen LogP contribution in [0.2, 0.25) is 0 Å². The van der Waals surface area contributed by atoms with Crippen molar-refractivity contribution in [1.82, 2.24) is 9.99 Å². The minimum atomic E-state index is 0.325. The molecule has 2 unspecified atom stereocenters. The largest absolute Gasteiger partial charge is 0.369 e. The molecule has 1 spiro atoms. The number of piperidine rings is 1. The van der Waals surface area contributed by atoms with Gasteiger partial charge in [-0.05, 0) is 53.7 Å². The number of hydrogen-bond acceptors (Lipinski definition) is 3. The molecule has 2 atom stereocenters. The van der Waals surface area contributed by atoms with Gasteiger partial charge in [0.25, 0.3) is 0 Å². The molecule has 1 aliphatic carbocycles. The molecule has 15 heavy (non-hydrogen) atoms. The van der Waals surface area contributed by atoms with Crippen molar-refractivity contribution in [3.63, 3.8) is 0 Å². The van der Waals surface area contributed by atoms with Gasteiger partial charge in [0.1, 0.15) is 0 Å². The molecular formula is C11H20N3P. The average Bonchev–Trinajstić information content (AvgIpc) is 2.75. The molecule has 2 aliphatic heterocycles. The Hall–Kier alpha value is -0.110. The molecule has 0 radical (unpaired) electrons. The molecule has 0 bridgehead atoms. The lowest BCUT2D eigenvalue weighted by Crippen LogP contribution is -2.48. The molecule has 3 rings (SSSR count). The van der Waals surface area contributed by atoms with Gasteiger partial charge in [0, 0.05) is 23.3 Å². The van der Waals surface area contributed by atoms with Crippen LogP contribution < -0.4 is 10.8 Å². The molecule has 0 aromatic carbocycles. The Bertz CT molecular complexity index is 305. The van der Waals surface area contributed by atoms with Gasteiger partial charge in [-0.2, -0.15) is 0 Å². The van der Waals surface area contributed by atoms with Crippen LogP contribution >= 0.6 is 8.73 Å². The summed E-state index contributed by atoms with van der Waals surface area (Å²) < 4.78 is 0. The summed E-state index contributed by atoms with van der Waals surface area (Å²) in [6.45, 7) is 2.41. The van der Waals surface area contributed by atoms with E-state index in [0.29, 0.717) is 11.5 Å². The maximum Gasteiger partial charge on any atom is 0.0281 e. The van der Waals surface area contributed by atoms with Gasteiger partial charge in [0.05, 0.1) is 0 Å². The molecule has 4 heteroatoms. The topological polar surface area (TPSA) is 41.3 Å². The molecule has 3 N–H and O–H groups in total. The summed E-state index contributed by atoms with van der Waals surface area (Å²) in [7, 11) is 3.13. The fourth-order valence-electron chi connectivity index (χ4n) is 3.35. The van der Waals surface area contributed by atoms with E-state index in [0.717, 1.165) is 15.2 Å². The Morgan fingerprint density at radius 2 is 2.20 bits per heavy atom. The van der Waals surface area contributed by atoms with Crippen molar-refractivity contribution in [2.45, 2.75) is 25.3 Å². The quantitative estimate of drug-likeness (QED) is 0.601. The smallest absolute Gasteiger partial charge is 0.0281 e. The third kappa shape index (κ3) is 1.37. The van der Waals surface area contributed by atoms with Crippen LogP contribution in [0.3, 0.4) is 0 Å². The number of nitrogens with one attached hydrogen (secondary N) is 1. The van der Waals surface area contributed by atoms with E-state index in [4.69, 9.17) is 5.73 Å². The lowest BCUT2D eigenvalue weighted by atomic mass is 9.73. The number of likely N-dealkylation sites (tertiary alicyclic amines) is 1. The first-order valence-electron chi connectivity index (χ1n) is 5.88. The van der Waals surface area contributed by atoms with Crippen molar-refractivity contribution in [3.05, 3.63) is 11.3 Å². The van der Waals surface area contributed by atoms with Gasteiger partial charge in [-0.25, -0.2) is 0 Å². The first kappa shape index (κ1) is 10.1. The van der Waals surface area contributed by atoms with Crippen LogP contribution in [-0.4, -0.2) is 37.2 Å². The Balaban J connectivity index is 1.89. The zero-order valence-corrected chi connectivity index (χ0v) is 10.3. The number of nitrogens with two attached hydrogens (primary N) is 1. The van der Waals surface area contributed by atoms with E-state index in [1.165, 1.54) is 32.1 Å². The van der Waals surface area contributed by atoms with E-state index >= 15 is 0 Å². The molecule has 1 saturated heterocycles. The maximum atomic E-state index is 6.38. The van der Waals surface area contributed by atoms with Crippen LogP contribution in [0.25, 0.3) is 0 Å². The summed E-state index contributed by atoms with van der Waals surface area (Å²) in [6, 6.07) is 0.383. The molecule has 0 saturated carbocycles. The predicted molar refractivity (Wildman–Crippen MR) is 65.1 cm³/mol. The Labute approximate surface area is 93.3 Å². The average molecular weight is 225 g/mol. The monoisotopic (exact) mass is 225 g/mol. The summed E-state index contributed by atoms with van der Waals surface area (Å²) in [5, 5.41) is 3.63. The van der Waals surface area contributed by atoms with Crippen molar-refractivity contribution in [2.75, 3.05) is 26.3 Å². The van der Waals surface area contributed by atoms with Crippen molar-refractivity contribution >= 4 is 8.73 Å². The molecule has 3 nitrogen and oxygen atoms in total. The molecule has 3 aliphatic rings. The van der Waals surface area contributed by atoms with Crippen LogP contribution in [0.1, 0.15) is 19.3 Å². The van der Waals surface area contributed by atoms with Crippen LogP contribution in [0.15, 0.2) is 11.3 Å². The van der Waals surface area contributed by atoms with E-state index in [-0.39, 0.29) is 0 Å². The van der Waals surface area contributed by atoms with Gasteiger partial charge < -0.3 is 15.7 Å². The predicted octanol–water partition coefficient (Wildman–Crippen LogP) is 0.880. The van der Waals surface area contributed by atoms with Gasteiger partial charge >= 0.3 is 0 Å². The zero-order chi connectivity index (χ0) is 10.5. The van der Waals surface area contributed by atoms with Gasteiger partial charge in [-0.15, -0.1) is 0 Å². The van der Waals surface area contributed by atoms with E-state index in [1.807, 2.05) is 0 Å². The second-order valence-corrected chi connectivity index (χ2v) is 6.18. The number of hydrogen-bond donors (Lipinski definition) is 2. The third-order valence-electron chi connectivity index (χ3n) is 4.42. The highest BCUT2D eigenvalue weighted by molar-refractivity contribution is 7.36. The fraction of sp³-hybridized carbons (Fsp3) is 0.818. The van der Waals surface area contributed by atoms with Crippen LogP contribution in [-0.2, 0) is 0 Å². The first-order valence-corrected chi connectivity index (χ1v) is 7.08. The molecular weight excluding hydrogens is 205 g/mol. The van der Waals surface area contributed by atoms with Gasteiger partial charge in [-0.1, -0.05) is 0 Å². The van der Waals surface area contributed by atoms with Gasteiger partial charge in [0.2, 0.25) is 0 Å². The summed E-state index contributed by atoms with van der Waals surface area (Å²) in [6.07, 6.45) is 4.92. The van der Waals surface area contributed by atoms with Crippen molar-refractivity contribution < 1.29 is 0 Å². The van der Waals surface area contributed by atoms with Gasteiger partial charge in [-0.3, -0.25) is 0 Å². The second-order valence-electron chi connectivity index (χ2n) is 5.23. The van der Waals surface area contributed by atoms with Crippen molar-refractivity contribution in [3.8, 4) is 0 Å². The lowest BCUT2D eigenvalue weighted by Gasteiger charge is -2.42. The van der Waals surface area contributed by atoms with Crippen LogP contribution in [0.4, 0.5) is 0 Å². The normalized spacial score (nSPS) is 36.3. The highest BCUT2D eigenvalue weighted by Crippen LogP contribution is 2.52. The van der Waals surface area contributed by atoms with Crippen molar-refractivity contribution in [1.29, 1.82) is 0 Å². The molecule has 1 fully saturated rings. The molecule has 0 amide bonds. The highest BCUT2D eigenvalue weighted by atomic mass is 31.1. The second kappa shape index (κ2) is 3.44. The Kier molecular flexibility index (Phi) is 2.31. The Morgan fingerprint density at radius 3 is 2.93 bits per heavy atom. The minimum Gasteiger partial charge on any atom is -0.369 e. The first-order chi connectivity index (χ1) is 7.22. The molecule has 0 aromatic heterocycles. The van der Waals surface area contributed by atoms with Crippen LogP contribution in [0, 0.1) is 5.41 Å². The summed E-state index contributed by atoms with van der Waals surface area (Å²) in [4.78, 5) is 2.42. The molecule has 2 heterocycles. The fourth-order valence-corrected chi connectivity index (χ4v) is 4.58. The Morgan fingerprint density at radius 1 is 1.47 bits per heavy atom. The number of fused-ring (bicyclic) bond motifs is 1. The van der Waals surface area contributed by atoms with E-state index in [2.05, 4.69) is 17.0 Å². The summed E-state index contributed by atoms with van der Waals surface area (Å²) in [5.74, 6) is 0. The number of nitrogens with zero attached hydrogens (tertiary/aromatic N) is 1. The van der Waals surface area contributed by atoms with E-state index in [1.54, 1.807) is 11.3 Å². The summed E-state index contributed by atoms with van der Waals surface area (Å²) in [5.41, 5.74) is 9.91. The van der Waals surface area contributed by atoms with Crippen LogP contribution in [0.5, 0.6) is 0 Å². The standard InChI is InChI=1S/C11H20N3P/c1-14-4-2-11(3-5-14)9(12)6-8-7-15-13-10(8)11/h9,13,15H,2-7,12H2,1H3. The zero-order valence-electron chi connectivity index (χ0n) is 9.34. The minimum absolute atomic E-state index is 0.325. The number of rotatable bonds is 0. The van der Waals surface area contributed by atoms with E-state index in [9.17, 15) is 0 Å². The molecule has 84 valence electrons. The molecule has 0 aromatic rings. The lowest BCUT2D eigenvalue weighted by molar-refractivity contribution is 0.135. The van der Waals surface area contributed by atoms with E-state index < -0.39 is 0 Å². The SMILES string of the molecule is CN1CCC2(CC1)C1=C(CPN1)CC2N. The third-order valence-corrected chi connectivity index (χ3v) is 5.45. The maximum absolute atomic E-state index is 6.38. The van der Waals surface area contributed by atoms with Crippen molar-refractivity contribution in [2.24, 2.45) is 11.1 Å². The van der Waals surface area contributed by atoms with Gasteiger partial charge in [0.15, 0.2) is 0 Å². The highest BCUT2D eigenvalue weighted by Gasteiger charge is 2.49.